The van der Waals surface area contributed by atoms with Crippen molar-refractivity contribution in [2.45, 2.75) is 25.0 Å². The number of aromatic amines is 1. The fourth-order valence-corrected chi connectivity index (χ4v) is 3.61. The van der Waals surface area contributed by atoms with Crippen LogP contribution < -0.4 is 26.4 Å². The number of aromatic nitrogens is 4. The summed E-state index contributed by atoms with van der Waals surface area (Å²) in [4.78, 5) is 27.5. The summed E-state index contributed by atoms with van der Waals surface area (Å²) >= 11 is 0. The Labute approximate surface area is 184 Å². The molecule has 1 saturated heterocycles. The summed E-state index contributed by atoms with van der Waals surface area (Å²) in [5.74, 6) is 1.49. The highest BCUT2D eigenvalue weighted by atomic mass is 16.6. The Balaban J connectivity index is 0.00000289. The lowest BCUT2D eigenvalue weighted by Crippen LogP contribution is -2.39. The van der Waals surface area contributed by atoms with Gasteiger partial charge < -0.3 is 41.6 Å². The summed E-state index contributed by atoms with van der Waals surface area (Å²) < 4.78 is 10.8. The number of nitrogens with two attached hydrogens (primary N) is 1. The van der Waals surface area contributed by atoms with E-state index in [0.717, 1.165) is 30.7 Å². The molecule has 2 atom stereocenters. The molecule has 2 unspecified atom stereocenters. The summed E-state index contributed by atoms with van der Waals surface area (Å²) in [6, 6.07) is 8.00. The van der Waals surface area contributed by atoms with Crippen LogP contribution in [0.5, 0.6) is 5.75 Å². The van der Waals surface area contributed by atoms with Crippen LogP contribution in [-0.4, -0.2) is 70.4 Å². The first-order valence-electron chi connectivity index (χ1n) is 10.1. The van der Waals surface area contributed by atoms with E-state index in [1.54, 1.807) is 7.11 Å². The minimum atomic E-state index is -0.441. The van der Waals surface area contributed by atoms with Crippen molar-refractivity contribution in [3.63, 3.8) is 0 Å². The Bertz CT molecular complexity index is 1030. The second-order valence-electron chi connectivity index (χ2n) is 7.23. The van der Waals surface area contributed by atoms with Gasteiger partial charge in [0.05, 0.1) is 13.4 Å². The molecule has 1 aliphatic rings. The van der Waals surface area contributed by atoms with Crippen LogP contribution in [0.2, 0.25) is 0 Å². The number of imidazole rings is 1. The van der Waals surface area contributed by atoms with Crippen molar-refractivity contribution in [3.8, 4) is 5.75 Å². The molecule has 0 aliphatic carbocycles. The number of hydrogen-bond acceptors (Lipinski definition) is 9. The van der Waals surface area contributed by atoms with Crippen molar-refractivity contribution in [1.82, 2.24) is 30.6 Å². The number of nitrogens with zero attached hydrogens (tertiary/aromatic N) is 3. The number of fused-ring (bicyclic) bond motifs is 1. The highest BCUT2D eigenvalue weighted by Gasteiger charge is 2.30. The van der Waals surface area contributed by atoms with Gasteiger partial charge in [-0.1, -0.05) is 12.1 Å². The van der Waals surface area contributed by atoms with E-state index >= 15 is 0 Å². The lowest BCUT2D eigenvalue weighted by atomic mass is 10.0. The molecule has 0 bridgehead atoms. The lowest BCUT2D eigenvalue weighted by Gasteiger charge is -2.20. The molecule has 1 amide bonds. The highest BCUT2D eigenvalue weighted by Crippen LogP contribution is 2.19. The molecule has 32 heavy (non-hydrogen) atoms. The van der Waals surface area contributed by atoms with E-state index in [1.807, 2.05) is 24.3 Å². The van der Waals surface area contributed by atoms with E-state index in [-0.39, 0.29) is 23.6 Å². The summed E-state index contributed by atoms with van der Waals surface area (Å²) in [6.45, 7) is 1.62. The van der Waals surface area contributed by atoms with Gasteiger partial charge in [0, 0.05) is 19.1 Å². The Morgan fingerprint density at radius 2 is 2.06 bits per heavy atom. The predicted molar refractivity (Wildman–Crippen MR) is 120 cm³/mol. The minimum Gasteiger partial charge on any atom is -0.497 e. The number of rotatable bonds is 8. The normalized spacial score (nSPS) is 17.5. The summed E-state index contributed by atoms with van der Waals surface area (Å²) in [7, 11) is 1.65. The van der Waals surface area contributed by atoms with Gasteiger partial charge in [-0.2, -0.15) is 9.97 Å². The maximum Gasteiger partial charge on any atom is 0.407 e. The number of H-pyrrole nitrogens is 1. The second kappa shape index (κ2) is 10.6. The highest BCUT2D eigenvalue weighted by molar-refractivity contribution is 5.83. The van der Waals surface area contributed by atoms with Crippen LogP contribution in [0.4, 0.5) is 16.6 Å². The molecule has 172 valence electrons. The van der Waals surface area contributed by atoms with Crippen LogP contribution in [-0.2, 0) is 11.2 Å². The molecule has 0 spiro atoms. The fraction of sp³-hybridized carbons (Fsp3) is 0.400. The molecule has 3 heterocycles. The molecule has 12 nitrogen and oxygen atoms in total. The molecule has 1 aromatic carbocycles. The number of anilines is 2. The Kier molecular flexibility index (Phi) is 7.63. The van der Waals surface area contributed by atoms with Crippen molar-refractivity contribution >= 4 is 29.0 Å². The molecule has 8 N–H and O–H groups in total. The summed E-state index contributed by atoms with van der Waals surface area (Å²) in [6.07, 6.45) is 2.46. The van der Waals surface area contributed by atoms with E-state index in [2.05, 4.69) is 35.9 Å². The van der Waals surface area contributed by atoms with Gasteiger partial charge in [-0.15, -0.1) is 0 Å². The Morgan fingerprint density at radius 1 is 1.25 bits per heavy atom. The number of benzene rings is 1. The number of ether oxygens (including phenoxy) is 2. The molecule has 2 aromatic heterocycles. The van der Waals surface area contributed by atoms with Crippen LogP contribution in [0.25, 0.3) is 11.2 Å². The van der Waals surface area contributed by atoms with Crippen molar-refractivity contribution in [2.75, 3.05) is 37.8 Å². The lowest BCUT2D eigenvalue weighted by molar-refractivity contribution is 0.0903. The van der Waals surface area contributed by atoms with E-state index in [0.29, 0.717) is 30.1 Å². The Hall–Kier alpha value is -3.64. The van der Waals surface area contributed by atoms with Crippen molar-refractivity contribution < 1.29 is 19.7 Å². The predicted octanol–water partition coefficient (Wildman–Crippen LogP) is 0.230. The zero-order valence-corrected chi connectivity index (χ0v) is 17.7. The molecule has 0 saturated carbocycles. The quantitative estimate of drug-likeness (QED) is 0.303. The fourth-order valence-electron chi connectivity index (χ4n) is 3.61. The SMILES string of the molecule is COc1ccc(CC2NCCC2OC(=O)NCCNc2nc(N)nc3nc[nH]c23)cc1.O. The molecule has 0 radical (unpaired) electrons. The van der Waals surface area contributed by atoms with Gasteiger partial charge in [-0.3, -0.25) is 0 Å². The zero-order chi connectivity index (χ0) is 21.6. The average Bonchev–Trinajstić information content (AvgIpc) is 3.41. The van der Waals surface area contributed by atoms with Gasteiger partial charge in [-0.25, -0.2) is 9.78 Å². The molecule has 1 fully saturated rings. The molecule has 1 aliphatic heterocycles. The summed E-state index contributed by atoms with van der Waals surface area (Å²) in [5.41, 5.74) is 8.00. The number of hydrogen-bond donors (Lipinski definition) is 5. The van der Waals surface area contributed by atoms with Crippen LogP contribution in [0.15, 0.2) is 30.6 Å². The molecular weight excluding hydrogens is 416 g/mol. The van der Waals surface area contributed by atoms with E-state index < -0.39 is 6.09 Å². The molecular formula is C20H28N8O4. The van der Waals surface area contributed by atoms with E-state index in [1.165, 1.54) is 6.33 Å². The molecule has 3 aromatic rings. The number of amides is 1. The zero-order valence-electron chi connectivity index (χ0n) is 17.7. The van der Waals surface area contributed by atoms with E-state index in [9.17, 15) is 4.79 Å². The number of carbonyl (C=O) groups excluding carboxylic acids is 1. The number of nitrogens with one attached hydrogen (secondary N) is 4. The maximum atomic E-state index is 12.2. The van der Waals surface area contributed by atoms with Crippen molar-refractivity contribution in [1.29, 1.82) is 0 Å². The number of carbonyl (C=O) groups is 1. The molecule has 4 rings (SSSR count). The van der Waals surface area contributed by atoms with Crippen LogP contribution in [0.1, 0.15) is 12.0 Å². The van der Waals surface area contributed by atoms with Crippen molar-refractivity contribution in [2.24, 2.45) is 0 Å². The first-order chi connectivity index (χ1) is 15.1. The van der Waals surface area contributed by atoms with Crippen LogP contribution >= 0.6 is 0 Å². The number of alkyl carbamates (subject to hydrolysis) is 1. The third kappa shape index (κ3) is 5.53. The minimum absolute atomic E-state index is 0. The number of methoxy groups -OCH3 is 1. The second-order valence-corrected chi connectivity index (χ2v) is 7.23. The Morgan fingerprint density at radius 3 is 2.84 bits per heavy atom. The largest absolute Gasteiger partial charge is 0.497 e. The van der Waals surface area contributed by atoms with Crippen molar-refractivity contribution in [3.05, 3.63) is 36.2 Å². The topological polar surface area (TPSA) is 184 Å². The van der Waals surface area contributed by atoms with Gasteiger partial charge in [0.15, 0.2) is 11.5 Å². The smallest absolute Gasteiger partial charge is 0.407 e. The molecule has 12 heteroatoms. The van der Waals surface area contributed by atoms with Gasteiger partial charge in [0.25, 0.3) is 0 Å². The number of nitrogen functional groups attached to an aromatic ring is 1. The van der Waals surface area contributed by atoms with Crippen LogP contribution in [0, 0.1) is 0 Å². The summed E-state index contributed by atoms with van der Waals surface area (Å²) in [5, 5.41) is 9.30. The van der Waals surface area contributed by atoms with Gasteiger partial charge >= 0.3 is 6.09 Å². The maximum absolute atomic E-state index is 12.2. The monoisotopic (exact) mass is 444 g/mol. The average molecular weight is 444 g/mol. The first kappa shape index (κ1) is 23.0. The van der Waals surface area contributed by atoms with Crippen LogP contribution in [0.3, 0.4) is 0 Å². The van der Waals surface area contributed by atoms with E-state index in [4.69, 9.17) is 15.2 Å². The third-order valence-corrected chi connectivity index (χ3v) is 5.15. The van der Waals surface area contributed by atoms with Gasteiger partial charge in [-0.05, 0) is 37.1 Å². The standard InChI is InChI=1S/C20H26N8O3.H2O/c1-30-13-4-2-12(3-5-13)10-14-15(6-7-22-14)31-20(29)24-9-8-23-17-16-18(26-11-25-16)28-19(21)27-17;/h2-5,11,14-15,22H,6-10H2,1H3,(H,24,29)(H4,21,23,25,26,27,28);1H2. The first-order valence-corrected chi connectivity index (χ1v) is 10.1. The third-order valence-electron chi connectivity index (χ3n) is 5.15. The van der Waals surface area contributed by atoms with Gasteiger partial charge in [0.2, 0.25) is 5.95 Å². The van der Waals surface area contributed by atoms with Gasteiger partial charge in [0.1, 0.15) is 17.4 Å².